The highest BCUT2D eigenvalue weighted by Gasteiger charge is 2.48. The molecule has 0 bridgehead atoms. The van der Waals surface area contributed by atoms with E-state index in [-0.39, 0.29) is 24.4 Å². The van der Waals surface area contributed by atoms with E-state index >= 15 is 0 Å². The van der Waals surface area contributed by atoms with Crippen LogP contribution in [0.3, 0.4) is 0 Å². The molecule has 6 rings (SSSR count). The number of benzene rings is 3. The minimum Gasteiger partial charge on any atom is -0.460 e. The number of amides is 2. The molecule has 3 heterocycles. The summed E-state index contributed by atoms with van der Waals surface area (Å²) in [4.78, 5) is 45.8. The van der Waals surface area contributed by atoms with Crippen LogP contribution in [0, 0.1) is 11.8 Å². The molecule has 0 saturated carbocycles. The molecule has 3 saturated heterocycles. The number of hydrogen-bond donors (Lipinski definition) is 0. The Bertz CT molecular complexity index is 1670. The molecule has 3 aliphatic rings. The van der Waals surface area contributed by atoms with Crippen LogP contribution < -0.4 is 4.90 Å². The molecule has 0 unspecified atom stereocenters. The first-order valence-electron chi connectivity index (χ1n) is 17.3. The highest BCUT2D eigenvalue weighted by Crippen LogP contribution is 2.43. The number of hydrogen-bond acceptors (Lipinski definition) is 7. The van der Waals surface area contributed by atoms with Gasteiger partial charge in [0.25, 0.3) is 0 Å². The van der Waals surface area contributed by atoms with Crippen LogP contribution in [0.25, 0.3) is 0 Å². The number of carbonyl (C=O) groups is 3. The van der Waals surface area contributed by atoms with E-state index in [1.807, 2.05) is 65.6 Å². The van der Waals surface area contributed by atoms with Crippen molar-refractivity contribution < 1.29 is 37.0 Å². The van der Waals surface area contributed by atoms with Crippen molar-refractivity contribution in [3.05, 3.63) is 101 Å². The number of carbonyl (C=O) groups excluding carboxylic acids is 3. The van der Waals surface area contributed by atoms with E-state index in [1.54, 1.807) is 20.8 Å². The van der Waals surface area contributed by atoms with E-state index < -0.39 is 41.3 Å². The third kappa shape index (κ3) is 8.15. The Morgan fingerprint density at radius 2 is 1.52 bits per heavy atom. The number of halogens is 3. The van der Waals surface area contributed by atoms with Gasteiger partial charge in [-0.15, -0.1) is 0 Å². The quantitative estimate of drug-likeness (QED) is 0.234. The molecular formula is C39H44F3N3O5. The fourth-order valence-corrected chi connectivity index (χ4v) is 7.42. The maximum absolute atomic E-state index is 14.5. The maximum atomic E-state index is 14.5. The van der Waals surface area contributed by atoms with Gasteiger partial charge in [-0.05, 0) is 68.9 Å². The van der Waals surface area contributed by atoms with Gasteiger partial charge in [0.2, 0.25) is 5.91 Å². The maximum Gasteiger partial charge on any atom is 0.416 e. The topological polar surface area (TPSA) is 79.4 Å². The van der Waals surface area contributed by atoms with Gasteiger partial charge in [0.1, 0.15) is 12.2 Å². The van der Waals surface area contributed by atoms with Crippen LogP contribution >= 0.6 is 0 Å². The summed E-state index contributed by atoms with van der Waals surface area (Å²) in [5, 5.41) is 0. The fraction of sp³-hybridized carbons (Fsp3) is 0.462. The molecule has 3 aromatic rings. The first-order valence-corrected chi connectivity index (χ1v) is 17.3. The van der Waals surface area contributed by atoms with E-state index in [0.717, 1.165) is 17.2 Å². The number of imide groups is 1. The zero-order valence-electron chi connectivity index (χ0n) is 28.7. The largest absolute Gasteiger partial charge is 0.460 e. The Balaban J connectivity index is 1.33. The molecule has 266 valence electrons. The van der Waals surface area contributed by atoms with Crippen LogP contribution in [-0.4, -0.2) is 72.2 Å². The molecular weight excluding hydrogens is 647 g/mol. The van der Waals surface area contributed by atoms with E-state index in [0.29, 0.717) is 63.2 Å². The van der Waals surface area contributed by atoms with Gasteiger partial charge >= 0.3 is 18.2 Å². The van der Waals surface area contributed by atoms with Crippen molar-refractivity contribution in [2.75, 3.05) is 37.7 Å². The molecule has 2 amide bonds. The molecule has 0 spiro atoms. The number of anilines is 1. The Morgan fingerprint density at radius 3 is 2.14 bits per heavy atom. The molecule has 11 heteroatoms. The summed E-state index contributed by atoms with van der Waals surface area (Å²) in [5.41, 5.74) is 1.60. The standard InChI is InChI=1S/C39H44F3N3O5/c1-38(2,3)50-36(47)28-16-18-44(19-17-28)34-21-29(39(40,41)42)14-15-31(34)32-23-43(22-27-12-8-5-9-13-27)24-33(32)35(46)45-30(25-49-37(45)48)20-26-10-6-4-7-11-26/h4-15,21,28,30,32-33H,16-20,22-25H2,1-3H3/t30-,32-,33+/m1/s1. The Kier molecular flexibility index (Phi) is 10.3. The van der Waals surface area contributed by atoms with Crippen LogP contribution in [0.2, 0.25) is 0 Å². The summed E-state index contributed by atoms with van der Waals surface area (Å²) < 4.78 is 53.5. The number of alkyl halides is 3. The third-order valence-electron chi connectivity index (χ3n) is 9.81. The van der Waals surface area contributed by atoms with Gasteiger partial charge in [-0.2, -0.15) is 13.2 Å². The molecule has 3 aromatic carbocycles. The van der Waals surface area contributed by atoms with Crippen molar-refractivity contribution >= 4 is 23.7 Å². The molecule has 3 aliphatic heterocycles. The minimum atomic E-state index is -4.57. The van der Waals surface area contributed by atoms with Crippen molar-refractivity contribution in [3.63, 3.8) is 0 Å². The molecule has 8 nitrogen and oxygen atoms in total. The lowest BCUT2D eigenvalue weighted by Crippen LogP contribution is -2.45. The Morgan fingerprint density at radius 1 is 0.880 bits per heavy atom. The third-order valence-corrected chi connectivity index (χ3v) is 9.81. The zero-order valence-corrected chi connectivity index (χ0v) is 28.7. The SMILES string of the molecule is CC(C)(C)OC(=O)C1CCN(c2cc(C(F)(F)F)ccc2[C@H]2CN(Cc3ccccc3)C[C@@H]2C(=O)N2C(=O)OC[C@H]2Cc2ccccc2)CC1. The smallest absolute Gasteiger partial charge is 0.416 e. The number of cyclic esters (lactones) is 1. The second kappa shape index (κ2) is 14.5. The molecule has 0 aromatic heterocycles. The van der Waals surface area contributed by atoms with Crippen LogP contribution in [0.5, 0.6) is 0 Å². The fourth-order valence-electron chi connectivity index (χ4n) is 7.42. The van der Waals surface area contributed by atoms with Crippen molar-refractivity contribution in [1.82, 2.24) is 9.80 Å². The molecule has 3 atom stereocenters. The van der Waals surface area contributed by atoms with E-state index in [4.69, 9.17) is 9.47 Å². The average molecular weight is 692 g/mol. The summed E-state index contributed by atoms with van der Waals surface area (Å²) in [6, 6.07) is 22.6. The van der Waals surface area contributed by atoms with Crippen LogP contribution in [0.4, 0.5) is 23.7 Å². The minimum absolute atomic E-state index is 0.0721. The molecule has 0 radical (unpaired) electrons. The van der Waals surface area contributed by atoms with E-state index in [9.17, 15) is 27.6 Å². The van der Waals surface area contributed by atoms with Gasteiger partial charge in [-0.1, -0.05) is 66.7 Å². The van der Waals surface area contributed by atoms with Crippen molar-refractivity contribution in [2.45, 2.75) is 70.3 Å². The summed E-state index contributed by atoms with van der Waals surface area (Å²) >= 11 is 0. The molecule has 0 N–H and O–H groups in total. The van der Waals surface area contributed by atoms with Crippen LogP contribution in [0.1, 0.15) is 61.8 Å². The van der Waals surface area contributed by atoms with Crippen molar-refractivity contribution in [3.8, 4) is 0 Å². The monoisotopic (exact) mass is 691 g/mol. The predicted octanol–water partition coefficient (Wildman–Crippen LogP) is 7.07. The predicted molar refractivity (Wildman–Crippen MR) is 182 cm³/mol. The highest BCUT2D eigenvalue weighted by atomic mass is 19.4. The van der Waals surface area contributed by atoms with Crippen molar-refractivity contribution in [2.24, 2.45) is 11.8 Å². The van der Waals surface area contributed by atoms with Crippen LogP contribution in [-0.2, 0) is 38.2 Å². The van der Waals surface area contributed by atoms with Gasteiger partial charge in [0.15, 0.2) is 0 Å². The van der Waals surface area contributed by atoms with Gasteiger partial charge in [-0.3, -0.25) is 14.5 Å². The number of rotatable bonds is 8. The lowest BCUT2D eigenvalue weighted by molar-refractivity contribution is -0.160. The van der Waals surface area contributed by atoms with Crippen LogP contribution in [0.15, 0.2) is 78.9 Å². The average Bonchev–Trinajstić information content (AvgIpc) is 3.66. The number of piperidine rings is 1. The normalized spacial score (nSPS) is 22.1. The first-order chi connectivity index (χ1) is 23.8. The lowest BCUT2D eigenvalue weighted by atomic mass is 9.85. The van der Waals surface area contributed by atoms with Gasteiger partial charge < -0.3 is 14.4 Å². The van der Waals surface area contributed by atoms with Crippen molar-refractivity contribution in [1.29, 1.82) is 0 Å². The Hall–Kier alpha value is -4.38. The van der Waals surface area contributed by atoms with E-state index in [2.05, 4.69) is 4.90 Å². The van der Waals surface area contributed by atoms with Gasteiger partial charge in [0.05, 0.1) is 23.4 Å². The Labute approximate surface area is 291 Å². The second-order valence-electron chi connectivity index (χ2n) is 14.6. The number of likely N-dealkylation sites (tertiary alicyclic amines) is 1. The molecule has 50 heavy (non-hydrogen) atoms. The highest BCUT2D eigenvalue weighted by molar-refractivity contribution is 5.95. The molecule has 0 aliphatic carbocycles. The zero-order chi connectivity index (χ0) is 35.6. The lowest BCUT2D eigenvalue weighted by Gasteiger charge is -2.36. The number of ether oxygens (including phenoxy) is 2. The molecule has 3 fully saturated rings. The summed E-state index contributed by atoms with van der Waals surface area (Å²) in [7, 11) is 0. The van der Waals surface area contributed by atoms with Gasteiger partial charge in [-0.25, -0.2) is 9.69 Å². The summed E-state index contributed by atoms with van der Waals surface area (Å²) in [6.45, 7) is 7.47. The summed E-state index contributed by atoms with van der Waals surface area (Å²) in [6.07, 6.45) is -3.98. The second-order valence-corrected chi connectivity index (χ2v) is 14.6. The first kappa shape index (κ1) is 35.4. The van der Waals surface area contributed by atoms with Gasteiger partial charge in [0, 0.05) is 44.3 Å². The van der Waals surface area contributed by atoms with E-state index in [1.165, 1.54) is 17.0 Å². The number of nitrogens with zero attached hydrogens (tertiary/aromatic N) is 3. The number of esters is 1. The summed E-state index contributed by atoms with van der Waals surface area (Å²) in [5.74, 6) is -2.26.